The summed E-state index contributed by atoms with van der Waals surface area (Å²) in [6, 6.07) is 6.35. The van der Waals surface area contributed by atoms with E-state index >= 15 is 0 Å². The van der Waals surface area contributed by atoms with Crippen LogP contribution in [0.25, 0.3) is 0 Å². The van der Waals surface area contributed by atoms with Crippen LogP contribution in [0.5, 0.6) is 0 Å². The fourth-order valence-electron chi connectivity index (χ4n) is 2.94. The Labute approximate surface area is 145 Å². The van der Waals surface area contributed by atoms with Gasteiger partial charge in [0.2, 0.25) is 5.91 Å². The van der Waals surface area contributed by atoms with E-state index in [2.05, 4.69) is 19.2 Å². The number of piperazine rings is 1. The number of nitrogens with zero attached hydrogens (tertiary/aromatic N) is 1. The molecule has 1 amide bonds. The maximum absolute atomic E-state index is 12.4. The summed E-state index contributed by atoms with van der Waals surface area (Å²) in [7, 11) is 0. The lowest BCUT2D eigenvalue weighted by atomic mass is 9.98. The van der Waals surface area contributed by atoms with Crippen molar-refractivity contribution in [3.63, 3.8) is 0 Å². The number of carbonyl (C=O) groups excluding carboxylic acids is 2. The number of benzene rings is 1. The summed E-state index contributed by atoms with van der Waals surface area (Å²) in [6.07, 6.45) is 0.581. The molecule has 0 aromatic heterocycles. The molecule has 0 radical (unpaired) electrons. The summed E-state index contributed by atoms with van der Waals surface area (Å²) in [5, 5.41) is 3.36. The summed E-state index contributed by atoms with van der Waals surface area (Å²) >= 11 is 0. The Morgan fingerprint density at radius 3 is 2.61 bits per heavy atom. The predicted molar refractivity (Wildman–Crippen MR) is 95.4 cm³/mol. The number of nitrogens with one attached hydrogen (secondary N) is 1. The van der Waals surface area contributed by atoms with Gasteiger partial charge in [0.1, 0.15) is 0 Å². The molecule has 1 fully saturated rings. The van der Waals surface area contributed by atoms with Crippen LogP contribution in [0.15, 0.2) is 18.2 Å². The Morgan fingerprint density at radius 2 is 1.91 bits per heavy atom. The molecule has 1 aromatic carbocycles. The highest BCUT2D eigenvalue weighted by Crippen LogP contribution is 2.16. The van der Waals surface area contributed by atoms with E-state index in [0.717, 1.165) is 29.8 Å². The minimum Gasteiger partial charge on any atom is -0.337 e. The zero-order valence-corrected chi connectivity index (χ0v) is 15.2. The molecule has 5 heteroatoms. The van der Waals surface area contributed by atoms with Crippen molar-refractivity contribution in [1.29, 1.82) is 0 Å². The van der Waals surface area contributed by atoms with E-state index in [0.29, 0.717) is 12.5 Å². The Morgan fingerprint density at radius 1 is 1.22 bits per heavy atom. The molecule has 1 aliphatic heterocycles. The molecule has 0 saturated carbocycles. The molecule has 0 aliphatic carbocycles. The van der Waals surface area contributed by atoms with Gasteiger partial charge in [0.05, 0.1) is 0 Å². The normalized spacial score (nSPS) is 20.8. The Balaban J connectivity index is 0.00000264. The lowest BCUT2D eigenvalue weighted by Gasteiger charge is -2.38. The van der Waals surface area contributed by atoms with E-state index in [1.54, 1.807) is 0 Å². The molecule has 2 rings (SSSR count). The average molecular weight is 339 g/mol. The largest absolute Gasteiger partial charge is 0.337 e. The summed E-state index contributed by atoms with van der Waals surface area (Å²) in [5.74, 6) is 0.143. The number of aryl methyl sites for hydroxylation is 2. The molecule has 4 nitrogen and oxygen atoms in total. The van der Waals surface area contributed by atoms with Crippen LogP contribution in [0.2, 0.25) is 0 Å². The molecule has 0 spiro atoms. The number of hydrogen-bond donors (Lipinski definition) is 1. The van der Waals surface area contributed by atoms with Gasteiger partial charge in [-0.1, -0.05) is 17.7 Å². The van der Waals surface area contributed by atoms with Crippen molar-refractivity contribution >= 4 is 24.1 Å². The quantitative estimate of drug-likeness (QED) is 0.859. The second-order valence-corrected chi connectivity index (χ2v) is 6.31. The van der Waals surface area contributed by atoms with Crippen LogP contribution in [0.1, 0.15) is 48.2 Å². The van der Waals surface area contributed by atoms with Gasteiger partial charge in [-0.2, -0.15) is 0 Å². The van der Waals surface area contributed by atoms with Crippen LogP contribution in [0.4, 0.5) is 0 Å². The molecule has 1 N–H and O–H groups in total. The van der Waals surface area contributed by atoms with Gasteiger partial charge in [0.15, 0.2) is 5.78 Å². The number of Topliss-reactive ketones (excluding diaryl/α,β-unsaturated/α-hetero) is 1. The molecule has 1 aliphatic rings. The molecule has 0 bridgehead atoms. The molecular formula is C18H27ClN2O2. The molecular weight excluding hydrogens is 312 g/mol. The molecule has 128 valence electrons. The summed E-state index contributed by atoms with van der Waals surface area (Å²) in [4.78, 5) is 26.7. The fraction of sp³-hybridized carbons (Fsp3) is 0.556. The molecule has 1 saturated heterocycles. The van der Waals surface area contributed by atoms with Crippen LogP contribution in [-0.2, 0) is 4.79 Å². The van der Waals surface area contributed by atoms with Gasteiger partial charge < -0.3 is 10.2 Å². The van der Waals surface area contributed by atoms with Crippen molar-refractivity contribution in [3.05, 3.63) is 34.9 Å². The van der Waals surface area contributed by atoms with Crippen molar-refractivity contribution in [2.24, 2.45) is 0 Å². The third kappa shape index (κ3) is 4.79. The summed E-state index contributed by atoms with van der Waals surface area (Å²) in [6.45, 7) is 9.61. The predicted octanol–water partition coefficient (Wildman–Crippen LogP) is 2.90. The smallest absolute Gasteiger partial charge is 0.223 e. The first-order valence-corrected chi connectivity index (χ1v) is 8.03. The van der Waals surface area contributed by atoms with Crippen molar-refractivity contribution in [2.45, 2.75) is 52.6 Å². The van der Waals surface area contributed by atoms with Gasteiger partial charge in [-0.05, 0) is 39.3 Å². The summed E-state index contributed by atoms with van der Waals surface area (Å²) < 4.78 is 0. The van der Waals surface area contributed by atoms with Crippen LogP contribution in [-0.4, -0.2) is 41.8 Å². The summed E-state index contributed by atoms with van der Waals surface area (Å²) in [5.41, 5.74) is 2.80. The van der Waals surface area contributed by atoms with Gasteiger partial charge in [0.25, 0.3) is 0 Å². The second kappa shape index (κ2) is 8.46. The fourth-order valence-corrected chi connectivity index (χ4v) is 2.94. The van der Waals surface area contributed by atoms with E-state index in [1.165, 1.54) is 0 Å². The highest BCUT2D eigenvalue weighted by atomic mass is 35.5. The van der Waals surface area contributed by atoms with Gasteiger partial charge in [-0.3, -0.25) is 9.59 Å². The van der Waals surface area contributed by atoms with Gasteiger partial charge in [-0.15, -0.1) is 12.4 Å². The standard InChI is InChI=1S/C18H26N2O2.ClH/c1-12-5-6-13(2)16(11-12)17(21)7-8-18(22)20-10-9-19-14(3)15(20)4;/h5-6,11,14-15,19H,7-10H2,1-4H3;1H. The van der Waals surface area contributed by atoms with Gasteiger partial charge >= 0.3 is 0 Å². The van der Waals surface area contributed by atoms with E-state index < -0.39 is 0 Å². The number of halogens is 1. The lowest BCUT2D eigenvalue weighted by molar-refractivity contribution is -0.134. The highest BCUT2D eigenvalue weighted by Gasteiger charge is 2.28. The minimum atomic E-state index is 0. The second-order valence-electron chi connectivity index (χ2n) is 6.31. The third-order valence-electron chi connectivity index (χ3n) is 4.61. The molecule has 23 heavy (non-hydrogen) atoms. The first kappa shape index (κ1) is 19.7. The van der Waals surface area contributed by atoms with Crippen molar-refractivity contribution in [2.75, 3.05) is 13.1 Å². The zero-order valence-electron chi connectivity index (χ0n) is 14.4. The van der Waals surface area contributed by atoms with E-state index in [9.17, 15) is 9.59 Å². The number of ketones is 1. The average Bonchev–Trinajstić information content (AvgIpc) is 2.49. The number of rotatable bonds is 4. The zero-order chi connectivity index (χ0) is 16.3. The van der Waals surface area contributed by atoms with Crippen LogP contribution in [0.3, 0.4) is 0 Å². The first-order chi connectivity index (χ1) is 10.4. The third-order valence-corrected chi connectivity index (χ3v) is 4.61. The Hall–Kier alpha value is -1.39. The number of amides is 1. The molecule has 1 aromatic rings. The molecule has 1 heterocycles. The van der Waals surface area contributed by atoms with Crippen LogP contribution >= 0.6 is 12.4 Å². The minimum absolute atomic E-state index is 0. The monoisotopic (exact) mass is 338 g/mol. The van der Waals surface area contributed by atoms with Crippen molar-refractivity contribution in [1.82, 2.24) is 10.2 Å². The van der Waals surface area contributed by atoms with E-state index in [-0.39, 0.29) is 36.6 Å². The maximum atomic E-state index is 12.4. The Bertz CT molecular complexity index is 574. The molecule has 2 unspecified atom stereocenters. The van der Waals surface area contributed by atoms with Gasteiger partial charge in [0, 0.05) is 43.6 Å². The van der Waals surface area contributed by atoms with E-state index in [1.807, 2.05) is 36.9 Å². The first-order valence-electron chi connectivity index (χ1n) is 8.03. The van der Waals surface area contributed by atoms with Crippen molar-refractivity contribution in [3.8, 4) is 0 Å². The van der Waals surface area contributed by atoms with Crippen LogP contribution < -0.4 is 5.32 Å². The van der Waals surface area contributed by atoms with E-state index in [4.69, 9.17) is 0 Å². The van der Waals surface area contributed by atoms with Crippen molar-refractivity contribution < 1.29 is 9.59 Å². The number of carbonyl (C=O) groups is 2. The lowest BCUT2D eigenvalue weighted by Crippen LogP contribution is -2.57. The SMILES string of the molecule is Cc1ccc(C)c(C(=O)CCC(=O)N2CCNC(C)C2C)c1.Cl. The molecule has 2 atom stereocenters. The van der Waals surface area contributed by atoms with Gasteiger partial charge in [-0.25, -0.2) is 0 Å². The highest BCUT2D eigenvalue weighted by molar-refractivity contribution is 5.99. The topological polar surface area (TPSA) is 49.4 Å². The number of hydrogen-bond acceptors (Lipinski definition) is 3. The maximum Gasteiger partial charge on any atom is 0.223 e. The van der Waals surface area contributed by atoms with Crippen LogP contribution in [0, 0.1) is 13.8 Å². The Kier molecular flexibility index (Phi) is 7.23.